The molecule has 3 rings (SSSR count). The first-order chi connectivity index (χ1) is 13.5. The molecule has 1 heterocycles. The predicted octanol–water partition coefficient (Wildman–Crippen LogP) is 4.16. The monoisotopic (exact) mass is 422 g/mol. The summed E-state index contributed by atoms with van der Waals surface area (Å²) in [6, 6.07) is 13.1. The lowest BCUT2D eigenvalue weighted by molar-refractivity contribution is -0.124. The molecular weight excluding hydrogens is 399 g/mol. The van der Waals surface area contributed by atoms with E-state index in [4.69, 9.17) is 32.7 Å². The molecule has 0 atom stereocenters. The molecule has 1 aliphatic heterocycles. The molecule has 0 aromatic heterocycles. The summed E-state index contributed by atoms with van der Waals surface area (Å²) in [4.78, 5) is 14.5. The van der Waals surface area contributed by atoms with E-state index < -0.39 is 0 Å². The summed E-state index contributed by atoms with van der Waals surface area (Å²) in [7, 11) is 1.61. The van der Waals surface area contributed by atoms with Crippen molar-refractivity contribution in [1.82, 2.24) is 10.2 Å². The fourth-order valence-electron chi connectivity index (χ4n) is 3.22. The Bertz CT molecular complexity index is 791. The second-order valence-electron chi connectivity index (χ2n) is 6.83. The SMILES string of the molecule is COc1ccc(OCC(=O)NC2CCN(Cc3ccc(Cl)c(Cl)c3)CC2)cc1. The number of carbonyl (C=O) groups excluding carboxylic acids is 1. The van der Waals surface area contributed by atoms with Gasteiger partial charge in [0.25, 0.3) is 5.91 Å². The third-order valence-corrected chi connectivity index (χ3v) is 5.51. The van der Waals surface area contributed by atoms with Gasteiger partial charge < -0.3 is 14.8 Å². The zero-order valence-electron chi connectivity index (χ0n) is 15.8. The summed E-state index contributed by atoms with van der Waals surface area (Å²) < 4.78 is 10.6. The number of methoxy groups -OCH3 is 1. The molecule has 1 saturated heterocycles. The highest BCUT2D eigenvalue weighted by Crippen LogP contribution is 2.24. The molecule has 5 nitrogen and oxygen atoms in total. The molecule has 0 spiro atoms. The number of ether oxygens (including phenoxy) is 2. The first kappa shape index (κ1) is 20.8. The molecule has 0 unspecified atom stereocenters. The maximum atomic E-state index is 12.1. The molecule has 0 radical (unpaired) electrons. The number of nitrogens with one attached hydrogen (secondary N) is 1. The maximum absolute atomic E-state index is 12.1. The topological polar surface area (TPSA) is 50.8 Å². The summed E-state index contributed by atoms with van der Waals surface area (Å²) in [5.74, 6) is 1.30. The van der Waals surface area contributed by atoms with Gasteiger partial charge in [0.05, 0.1) is 17.2 Å². The van der Waals surface area contributed by atoms with Crippen molar-refractivity contribution in [2.24, 2.45) is 0 Å². The Hall–Kier alpha value is -1.95. The standard InChI is InChI=1S/C21H24Cl2N2O3/c1-27-17-3-5-18(6-4-17)28-14-21(26)24-16-8-10-25(11-9-16)13-15-2-7-19(22)20(23)12-15/h2-7,12,16H,8-11,13-14H2,1H3,(H,24,26). The fraction of sp³-hybridized carbons (Fsp3) is 0.381. The van der Waals surface area contributed by atoms with E-state index >= 15 is 0 Å². The Kier molecular flexibility index (Phi) is 7.43. The molecule has 0 bridgehead atoms. The van der Waals surface area contributed by atoms with E-state index in [0.717, 1.165) is 43.8 Å². The number of piperidine rings is 1. The van der Waals surface area contributed by atoms with Crippen LogP contribution < -0.4 is 14.8 Å². The van der Waals surface area contributed by atoms with Gasteiger partial charge in [-0.2, -0.15) is 0 Å². The zero-order valence-corrected chi connectivity index (χ0v) is 17.3. The maximum Gasteiger partial charge on any atom is 0.258 e. The lowest BCUT2D eigenvalue weighted by atomic mass is 10.0. The average molecular weight is 423 g/mol. The zero-order chi connectivity index (χ0) is 19.9. The molecule has 1 amide bonds. The Balaban J connectivity index is 1.38. The number of carbonyl (C=O) groups is 1. The van der Waals surface area contributed by atoms with Gasteiger partial charge in [0.15, 0.2) is 6.61 Å². The molecule has 2 aromatic carbocycles. The largest absolute Gasteiger partial charge is 0.497 e. The van der Waals surface area contributed by atoms with Crippen molar-refractivity contribution < 1.29 is 14.3 Å². The van der Waals surface area contributed by atoms with Gasteiger partial charge in [-0.05, 0) is 54.8 Å². The predicted molar refractivity (Wildman–Crippen MR) is 111 cm³/mol. The van der Waals surface area contributed by atoms with Crippen molar-refractivity contribution in [3.8, 4) is 11.5 Å². The number of hydrogen-bond acceptors (Lipinski definition) is 4. The minimum atomic E-state index is -0.0984. The Morgan fingerprint density at radius 3 is 2.39 bits per heavy atom. The third-order valence-electron chi connectivity index (χ3n) is 4.77. The van der Waals surface area contributed by atoms with Crippen LogP contribution in [-0.2, 0) is 11.3 Å². The molecule has 1 N–H and O–H groups in total. The summed E-state index contributed by atoms with van der Waals surface area (Å²) >= 11 is 12.1. The van der Waals surface area contributed by atoms with E-state index in [9.17, 15) is 4.79 Å². The van der Waals surface area contributed by atoms with Crippen LogP contribution in [-0.4, -0.2) is 43.7 Å². The molecule has 7 heteroatoms. The number of amides is 1. The van der Waals surface area contributed by atoms with Crippen LogP contribution >= 0.6 is 23.2 Å². The van der Waals surface area contributed by atoms with E-state index in [-0.39, 0.29) is 18.6 Å². The van der Waals surface area contributed by atoms with Crippen molar-refractivity contribution in [3.63, 3.8) is 0 Å². The number of nitrogens with zero attached hydrogens (tertiary/aromatic N) is 1. The molecule has 28 heavy (non-hydrogen) atoms. The highest BCUT2D eigenvalue weighted by atomic mass is 35.5. The summed E-state index contributed by atoms with van der Waals surface area (Å²) in [5, 5.41) is 4.21. The van der Waals surface area contributed by atoms with Gasteiger partial charge >= 0.3 is 0 Å². The summed E-state index contributed by atoms with van der Waals surface area (Å²) in [6.45, 7) is 2.68. The fourth-order valence-corrected chi connectivity index (χ4v) is 3.54. The van der Waals surface area contributed by atoms with Gasteiger partial charge in [-0.25, -0.2) is 0 Å². The molecule has 1 fully saturated rings. The van der Waals surface area contributed by atoms with Crippen molar-refractivity contribution >= 4 is 29.1 Å². The second-order valence-corrected chi connectivity index (χ2v) is 7.65. The van der Waals surface area contributed by atoms with Crippen molar-refractivity contribution in [2.75, 3.05) is 26.8 Å². The Labute approximate surface area is 175 Å². The van der Waals surface area contributed by atoms with E-state index in [1.54, 1.807) is 31.4 Å². The number of benzene rings is 2. The minimum Gasteiger partial charge on any atom is -0.497 e. The van der Waals surface area contributed by atoms with Crippen LogP contribution in [0.1, 0.15) is 18.4 Å². The normalized spacial score (nSPS) is 15.2. The number of likely N-dealkylation sites (tertiary alicyclic amines) is 1. The lowest BCUT2D eigenvalue weighted by Gasteiger charge is -2.32. The first-order valence-corrected chi connectivity index (χ1v) is 10.0. The second kappa shape index (κ2) is 10.0. The molecule has 0 aliphatic carbocycles. The van der Waals surface area contributed by atoms with Crippen LogP contribution in [0, 0.1) is 0 Å². The Morgan fingerprint density at radius 2 is 1.75 bits per heavy atom. The van der Waals surface area contributed by atoms with Crippen LogP contribution in [0.3, 0.4) is 0 Å². The summed E-state index contributed by atoms with van der Waals surface area (Å²) in [6.07, 6.45) is 1.82. The van der Waals surface area contributed by atoms with E-state index in [2.05, 4.69) is 10.2 Å². The van der Waals surface area contributed by atoms with Crippen LogP contribution in [0.2, 0.25) is 10.0 Å². The van der Waals surface area contributed by atoms with Crippen molar-refractivity contribution in [2.45, 2.75) is 25.4 Å². The van der Waals surface area contributed by atoms with Crippen LogP contribution in [0.25, 0.3) is 0 Å². The van der Waals surface area contributed by atoms with Gasteiger partial charge in [0.1, 0.15) is 11.5 Å². The number of hydrogen-bond donors (Lipinski definition) is 1. The molecule has 150 valence electrons. The smallest absolute Gasteiger partial charge is 0.258 e. The third kappa shape index (κ3) is 6.03. The first-order valence-electron chi connectivity index (χ1n) is 9.26. The van der Waals surface area contributed by atoms with Crippen molar-refractivity contribution in [3.05, 3.63) is 58.1 Å². The van der Waals surface area contributed by atoms with Gasteiger partial charge in [-0.3, -0.25) is 9.69 Å². The van der Waals surface area contributed by atoms with Crippen molar-refractivity contribution in [1.29, 1.82) is 0 Å². The highest BCUT2D eigenvalue weighted by Gasteiger charge is 2.21. The van der Waals surface area contributed by atoms with Gasteiger partial charge in [0.2, 0.25) is 0 Å². The molecule has 2 aromatic rings. The van der Waals surface area contributed by atoms with Gasteiger partial charge in [-0.1, -0.05) is 29.3 Å². The Morgan fingerprint density at radius 1 is 1.07 bits per heavy atom. The molecular formula is C21H24Cl2N2O3. The van der Waals surface area contributed by atoms with E-state index in [0.29, 0.717) is 15.8 Å². The van der Waals surface area contributed by atoms with Crippen LogP contribution in [0.4, 0.5) is 0 Å². The molecule has 0 saturated carbocycles. The number of halogens is 2. The van der Waals surface area contributed by atoms with E-state index in [1.165, 1.54) is 0 Å². The molecule has 1 aliphatic rings. The van der Waals surface area contributed by atoms with Gasteiger partial charge in [0, 0.05) is 25.7 Å². The van der Waals surface area contributed by atoms with Gasteiger partial charge in [-0.15, -0.1) is 0 Å². The minimum absolute atomic E-state index is 0.00974. The van der Waals surface area contributed by atoms with Crippen LogP contribution in [0.5, 0.6) is 11.5 Å². The number of rotatable bonds is 7. The highest BCUT2D eigenvalue weighted by molar-refractivity contribution is 6.42. The average Bonchev–Trinajstić information content (AvgIpc) is 2.71. The van der Waals surface area contributed by atoms with E-state index in [1.807, 2.05) is 18.2 Å². The lowest BCUT2D eigenvalue weighted by Crippen LogP contribution is -2.45. The summed E-state index contributed by atoms with van der Waals surface area (Å²) in [5.41, 5.74) is 1.14. The van der Waals surface area contributed by atoms with Crippen LogP contribution in [0.15, 0.2) is 42.5 Å². The quantitative estimate of drug-likeness (QED) is 0.727.